The molecule has 0 aliphatic rings. The number of likely N-dealkylation sites (N-methyl/N-ethyl adjacent to an activating group) is 1. The minimum atomic E-state index is -0.403. The van der Waals surface area contributed by atoms with Crippen molar-refractivity contribution in [1.29, 1.82) is 0 Å². The molecular formula is C23H33N5O5. The van der Waals surface area contributed by atoms with Gasteiger partial charge < -0.3 is 23.7 Å². The number of methoxy groups -OCH3 is 3. The average molecular weight is 460 g/mol. The predicted molar refractivity (Wildman–Crippen MR) is 127 cm³/mol. The Hall–Kier alpha value is -3.27. The highest BCUT2D eigenvalue weighted by Gasteiger charge is 2.21. The largest absolute Gasteiger partial charge is 0.493 e. The minimum Gasteiger partial charge on any atom is -0.493 e. The molecule has 0 saturated carbocycles. The molecule has 2 aromatic heterocycles. The zero-order valence-electron chi connectivity index (χ0n) is 20.5. The van der Waals surface area contributed by atoms with Crippen LogP contribution >= 0.6 is 0 Å². The highest BCUT2D eigenvalue weighted by atomic mass is 16.5. The van der Waals surface area contributed by atoms with Gasteiger partial charge in [0, 0.05) is 33.6 Å². The van der Waals surface area contributed by atoms with E-state index < -0.39 is 5.69 Å². The summed E-state index contributed by atoms with van der Waals surface area (Å²) in [6.45, 7) is 7.35. The SMILES string of the molecule is CCN(CC)CCn1c(Cc2cc(OC)c(OC)c(OC)c2)nc2c1c(=O)n(C)c(=O)n2C. The maximum Gasteiger partial charge on any atom is 0.332 e. The summed E-state index contributed by atoms with van der Waals surface area (Å²) in [5, 5.41) is 0. The average Bonchev–Trinajstić information content (AvgIpc) is 3.19. The first-order chi connectivity index (χ1) is 15.8. The molecule has 0 atom stereocenters. The summed E-state index contributed by atoms with van der Waals surface area (Å²) in [6.07, 6.45) is 0.418. The molecule has 0 radical (unpaired) electrons. The summed E-state index contributed by atoms with van der Waals surface area (Å²) in [5.74, 6) is 2.28. The van der Waals surface area contributed by atoms with E-state index in [1.807, 2.05) is 16.7 Å². The molecule has 0 saturated heterocycles. The van der Waals surface area contributed by atoms with E-state index in [2.05, 4.69) is 18.7 Å². The fourth-order valence-electron chi connectivity index (χ4n) is 4.07. The van der Waals surface area contributed by atoms with Crippen molar-refractivity contribution in [1.82, 2.24) is 23.6 Å². The third kappa shape index (κ3) is 4.47. The Bertz CT molecular complexity index is 1230. The first-order valence-electron chi connectivity index (χ1n) is 11.0. The van der Waals surface area contributed by atoms with Crippen molar-refractivity contribution in [2.75, 3.05) is 41.0 Å². The number of fused-ring (bicyclic) bond motifs is 1. The first-order valence-corrected chi connectivity index (χ1v) is 11.0. The van der Waals surface area contributed by atoms with Crippen LogP contribution in [0.4, 0.5) is 0 Å². The van der Waals surface area contributed by atoms with Gasteiger partial charge in [-0.25, -0.2) is 9.78 Å². The lowest BCUT2D eigenvalue weighted by atomic mass is 10.1. The van der Waals surface area contributed by atoms with Gasteiger partial charge in [-0.1, -0.05) is 13.8 Å². The van der Waals surface area contributed by atoms with Gasteiger partial charge in [-0.15, -0.1) is 0 Å². The van der Waals surface area contributed by atoms with Crippen LogP contribution in [0.1, 0.15) is 25.2 Å². The van der Waals surface area contributed by atoms with Crippen molar-refractivity contribution in [3.63, 3.8) is 0 Å². The van der Waals surface area contributed by atoms with Crippen LogP contribution in [0.2, 0.25) is 0 Å². The molecule has 0 N–H and O–H groups in total. The van der Waals surface area contributed by atoms with Crippen LogP contribution in [0.5, 0.6) is 17.2 Å². The fourth-order valence-corrected chi connectivity index (χ4v) is 4.07. The Morgan fingerprint density at radius 3 is 2.06 bits per heavy atom. The Kier molecular flexibility index (Phi) is 7.47. The fraction of sp³-hybridized carbons (Fsp3) is 0.522. The predicted octanol–water partition coefficient (Wildman–Crippen LogP) is 1.39. The van der Waals surface area contributed by atoms with Gasteiger partial charge in [-0.2, -0.15) is 0 Å². The number of benzene rings is 1. The molecule has 0 aliphatic heterocycles. The monoisotopic (exact) mass is 459 g/mol. The zero-order chi connectivity index (χ0) is 24.3. The molecular weight excluding hydrogens is 426 g/mol. The summed E-state index contributed by atoms with van der Waals surface area (Å²) in [5.41, 5.74) is 0.932. The number of aromatic nitrogens is 4. The number of ether oxygens (including phenoxy) is 3. The number of aryl methyl sites for hydroxylation is 1. The molecule has 0 amide bonds. The van der Waals surface area contributed by atoms with E-state index in [-0.39, 0.29) is 5.56 Å². The lowest BCUT2D eigenvalue weighted by Gasteiger charge is -2.19. The standard InChI is InChI=1S/C23H33N5O5/c1-8-27(9-2)10-11-28-18(24-21-19(28)22(29)26(4)23(30)25(21)3)14-15-12-16(31-5)20(33-7)17(13-15)32-6/h12-13H,8-11,14H2,1-7H3. The molecule has 0 aliphatic carbocycles. The van der Waals surface area contributed by atoms with Crippen LogP contribution in [0, 0.1) is 0 Å². The summed E-state index contributed by atoms with van der Waals surface area (Å²) in [4.78, 5) is 32.6. The van der Waals surface area contributed by atoms with Crippen molar-refractivity contribution >= 4 is 11.2 Å². The van der Waals surface area contributed by atoms with Gasteiger partial charge in [0.25, 0.3) is 5.56 Å². The van der Waals surface area contributed by atoms with Crippen LogP contribution in [0.25, 0.3) is 11.2 Å². The summed E-state index contributed by atoms with van der Waals surface area (Å²) in [6, 6.07) is 3.74. The molecule has 33 heavy (non-hydrogen) atoms. The molecule has 0 unspecified atom stereocenters. The third-order valence-electron chi connectivity index (χ3n) is 6.05. The molecule has 10 heteroatoms. The van der Waals surface area contributed by atoms with Crippen LogP contribution in [0.15, 0.2) is 21.7 Å². The lowest BCUT2D eigenvalue weighted by Crippen LogP contribution is -2.38. The number of rotatable bonds is 10. The van der Waals surface area contributed by atoms with Gasteiger partial charge in [0.1, 0.15) is 5.82 Å². The molecule has 0 fully saturated rings. The normalized spacial score (nSPS) is 11.4. The van der Waals surface area contributed by atoms with Crippen molar-refractivity contribution in [3.8, 4) is 17.2 Å². The number of imidazole rings is 1. The van der Waals surface area contributed by atoms with E-state index in [1.165, 1.54) is 11.6 Å². The van der Waals surface area contributed by atoms with E-state index in [0.717, 1.165) is 29.8 Å². The van der Waals surface area contributed by atoms with Gasteiger partial charge >= 0.3 is 5.69 Å². The van der Waals surface area contributed by atoms with Gasteiger partial charge in [0.05, 0.1) is 21.3 Å². The Morgan fingerprint density at radius 1 is 0.939 bits per heavy atom. The maximum atomic E-state index is 13.1. The molecule has 180 valence electrons. The van der Waals surface area contributed by atoms with Gasteiger partial charge in [-0.05, 0) is 30.8 Å². The molecule has 1 aromatic carbocycles. The molecule has 10 nitrogen and oxygen atoms in total. The third-order valence-corrected chi connectivity index (χ3v) is 6.05. The van der Waals surface area contributed by atoms with Crippen molar-refractivity contribution in [2.45, 2.75) is 26.8 Å². The number of hydrogen-bond donors (Lipinski definition) is 0. The van der Waals surface area contributed by atoms with E-state index in [0.29, 0.717) is 47.2 Å². The molecule has 0 spiro atoms. The smallest absolute Gasteiger partial charge is 0.332 e. The van der Waals surface area contributed by atoms with Crippen LogP contribution in [-0.2, 0) is 27.1 Å². The van der Waals surface area contributed by atoms with Gasteiger partial charge in [0.15, 0.2) is 22.7 Å². The summed E-state index contributed by atoms with van der Waals surface area (Å²) in [7, 11) is 7.82. The first kappa shape index (κ1) is 24.4. The number of hydrogen-bond acceptors (Lipinski definition) is 7. The number of nitrogens with zero attached hydrogens (tertiary/aromatic N) is 5. The van der Waals surface area contributed by atoms with Crippen LogP contribution < -0.4 is 25.5 Å². The van der Waals surface area contributed by atoms with Crippen LogP contribution in [-0.4, -0.2) is 64.5 Å². The highest BCUT2D eigenvalue weighted by Crippen LogP contribution is 2.38. The molecule has 3 rings (SSSR count). The summed E-state index contributed by atoms with van der Waals surface area (Å²) < 4.78 is 20.9. The molecule has 3 aromatic rings. The Labute approximate surface area is 192 Å². The minimum absolute atomic E-state index is 0.351. The van der Waals surface area contributed by atoms with Crippen LogP contribution in [0.3, 0.4) is 0 Å². The molecule has 2 heterocycles. The van der Waals surface area contributed by atoms with E-state index in [9.17, 15) is 9.59 Å². The maximum absolute atomic E-state index is 13.1. The van der Waals surface area contributed by atoms with Gasteiger partial charge in [0.2, 0.25) is 5.75 Å². The van der Waals surface area contributed by atoms with E-state index in [1.54, 1.807) is 28.4 Å². The summed E-state index contributed by atoms with van der Waals surface area (Å²) >= 11 is 0. The second kappa shape index (κ2) is 10.1. The second-order valence-electron chi connectivity index (χ2n) is 7.79. The van der Waals surface area contributed by atoms with E-state index >= 15 is 0 Å². The second-order valence-corrected chi connectivity index (χ2v) is 7.79. The zero-order valence-corrected chi connectivity index (χ0v) is 20.5. The quantitative estimate of drug-likeness (QED) is 0.452. The van der Waals surface area contributed by atoms with Crippen molar-refractivity contribution in [3.05, 3.63) is 44.4 Å². The highest BCUT2D eigenvalue weighted by molar-refractivity contribution is 5.71. The van der Waals surface area contributed by atoms with Crippen molar-refractivity contribution < 1.29 is 14.2 Å². The van der Waals surface area contributed by atoms with Crippen molar-refractivity contribution in [2.24, 2.45) is 14.1 Å². The molecule has 0 bridgehead atoms. The van der Waals surface area contributed by atoms with E-state index in [4.69, 9.17) is 19.2 Å². The Balaban J connectivity index is 2.19. The topological polar surface area (TPSA) is 92.8 Å². The van der Waals surface area contributed by atoms with Gasteiger partial charge in [-0.3, -0.25) is 13.9 Å². The lowest BCUT2D eigenvalue weighted by molar-refractivity contribution is 0.290. The Morgan fingerprint density at radius 2 is 1.55 bits per heavy atom.